The van der Waals surface area contributed by atoms with Crippen LogP contribution in [0.2, 0.25) is 0 Å². The lowest BCUT2D eigenvalue weighted by molar-refractivity contribution is 0.0156. The molecule has 18 heavy (non-hydrogen) atoms. The lowest BCUT2D eigenvalue weighted by Crippen LogP contribution is -2.22. The molecule has 1 fully saturated rings. The lowest BCUT2D eigenvalue weighted by atomic mass is 10.1. The van der Waals surface area contributed by atoms with Gasteiger partial charge in [0.2, 0.25) is 0 Å². The molecule has 4 heteroatoms. The van der Waals surface area contributed by atoms with Gasteiger partial charge in [-0.25, -0.2) is 9.97 Å². The van der Waals surface area contributed by atoms with Gasteiger partial charge >= 0.3 is 0 Å². The van der Waals surface area contributed by atoms with Crippen molar-refractivity contribution >= 4 is 5.82 Å². The van der Waals surface area contributed by atoms with Gasteiger partial charge in [-0.15, -0.1) is 0 Å². The first-order valence-corrected chi connectivity index (χ1v) is 6.98. The zero-order valence-electron chi connectivity index (χ0n) is 11.4. The Hall–Kier alpha value is -1.16. The summed E-state index contributed by atoms with van der Waals surface area (Å²) in [6.45, 7) is 6.01. The van der Waals surface area contributed by atoms with E-state index in [0.29, 0.717) is 6.10 Å². The van der Waals surface area contributed by atoms with Crippen LogP contribution in [0.25, 0.3) is 0 Å². The molecule has 1 aromatic heterocycles. The van der Waals surface area contributed by atoms with Crippen molar-refractivity contribution in [3.8, 4) is 0 Å². The molecule has 0 bridgehead atoms. The molecule has 1 aromatic rings. The van der Waals surface area contributed by atoms with Gasteiger partial charge < -0.3 is 10.1 Å². The molecule has 2 rings (SSSR count). The summed E-state index contributed by atoms with van der Waals surface area (Å²) < 4.78 is 5.74. The van der Waals surface area contributed by atoms with E-state index in [1.807, 2.05) is 13.0 Å². The first kappa shape index (κ1) is 13.3. The first-order valence-electron chi connectivity index (χ1n) is 6.98. The Morgan fingerprint density at radius 2 is 2.28 bits per heavy atom. The Bertz CT molecular complexity index is 375. The van der Waals surface area contributed by atoms with Crippen LogP contribution in [0.3, 0.4) is 0 Å². The van der Waals surface area contributed by atoms with Gasteiger partial charge in [0.1, 0.15) is 11.6 Å². The van der Waals surface area contributed by atoms with E-state index in [9.17, 15) is 0 Å². The second kappa shape index (κ2) is 6.69. The molecule has 4 nitrogen and oxygen atoms in total. The van der Waals surface area contributed by atoms with Crippen LogP contribution in [0.15, 0.2) is 6.07 Å². The van der Waals surface area contributed by atoms with Crippen LogP contribution in [0.4, 0.5) is 5.82 Å². The van der Waals surface area contributed by atoms with E-state index in [-0.39, 0.29) is 0 Å². The molecule has 1 aliphatic rings. The van der Waals surface area contributed by atoms with Crippen LogP contribution in [0.5, 0.6) is 0 Å². The standard InChI is InChI=1S/C14H23N3O/c1-3-7-15-13-9-11(2)16-14(17-13)10-12-6-4-5-8-18-12/h9,12H,3-8,10H2,1-2H3,(H,15,16,17). The van der Waals surface area contributed by atoms with Crippen molar-refractivity contribution in [2.75, 3.05) is 18.5 Å². The molecule has 0 amide bonds. The predicted molar refractivity (Wildman–Crippen MR) is 72.8 cm³/mol. The van der Waals surface area contributed by atoms with Crippen LogP contribution < -0.4 is 5.32 Å². The molecule has 1 N–H and O–H groups in total. The van der Waals surface area contributed by atoms with E-state index in [4.69, 9.17) is 4.74 Å². The molecule has 1 aliphatic heterocycles. The summed E-state index contributed by atoms with van der Waals surface area (Å²) in [6.07, 6.45) is 5.83. The monoisotopic (exact) mass is 249 g/mol. The molecule has 2 heterocycles. The van der Waals surface area contributed by atoms with Gasteiger partial charge in [0.05, 0.1) is 6.10 Å². The molecule has 0 aliphatic carbocycles. The van der Waals surface area contributed by atoms with Gasteiger partial charge in [-0.1, -0.05) is 6.92 Å². The fourth-order valence-corrected chi connectivity index (χ4v) is 2.24. The van der Waals surface area contributed by atoms with Crippen molar-refractivity contribution in [2.45, 2.75) is 52.1 Å². The van der Waals surface area contributed by atoms with Gasteiger partial charge in [-0.2, -0.15) is 0 Å². The average Bonchev–Trinajstić information content (AvgIpc) is 2.37. The second-order valence-corrected chi connectivity index (χ2v) is 4.93. The third-order valence-electron chi connectivity index (χ3n) is 3.14. The number of rotatable bonds is 5. The van der Waals surface area contributed by atoms with Crippen LogP contribution in [0.1, 0.15) is 44.1 Å². The van der Waals surface area contributed by atoms with Crippen molar-refractivity contribution in [3.63, 3.8) is 0 Å². The number of ether oxygens (including phenoxy) is 1. The fraction of sp³-hybridized carbons (Fsp3) is 0.714. The smallest absolute Gasteiger partial charge is 0.133 e. The van der Waals surface area contributed by atoms with E-state index in [1.165, 1.54) is 12.8 Å². The third kappa shape index (κ3) is 3.95. The maximum atomic E-state index is 5.74. The van der Waals surface area contributed by atoms with E-state index in [0.717, 1.165) is 49.8 Å². The number of anilines is 1. The van der Waals surface area contributed by atoms with Crippen LogP contribution >= 0.6 is 0 Å². The Morgan fingerprint density at radius 1 is 1.39 bits per heavy atom. The van der Waals surface area contributed by atoms with Crippen molar-refractivity contribution in [3.05, 3.63) is 17.6 Å². The maximum Gasteiger partial charge on any atom is 0.133 e. The summed E-state index contributed by atoms with van der Waals surface area (Å²) in [4.78, 5) is 9.07. The fourth-order valence-electron chi connectivity index (χ4n) is 2.24. The Kier molecular flexibility index (Phi) is 4.93. The number of nitrogens with one attached hydrogen (secondary N) is 1. The molecular weight excluding hydrogens is 226 g/mol. The van der Waals surface area contributed by atoms with E-state index in [2.05, 4.69) is 22.2 Å². The summed E-state index contributed by atoms with van der Waals surface area (Å²) in [5.74, 6) is 1.84. The topological polar surface area (TPSA) is 47.0 Å². The van der Waals surface area contributed by atoms with Crippen molar-refractivity contribution < 1.29 is 4.74 Å². The highest BCUT2D eigenvalue weighted by Gasteiger charge is 2.16. The van der Waals surface area contributed by atoms with Gasteiger partial charge in [0.15, 0.2) is 0 Å². The molecule has 1 unspecified atom stereocenters. The Balaban J connectivity index is 1.99. The minimum absolute atomic E-state index is 0.305. The zero-order chi connectivity index (χ0) is 12.8. The number of aryl methyl sites for hydroxylation is 1. The van der Waals surface area contributed by atoms with E-state index in [1.54, 1.807) is 0 Å². The highest BCUT2D eigenvalue weighted by atomic mass is 16.5. The summed E-state index contributed by atoms with van der Waals surface area (Å²) in [5.41, 5.74) is 1.02. The highest BCUT2D eigenvalue weighted by Crippen LogP contribution is 2.17. The summed E-state index contributed by atoms with van der Waals surface area (Å²) in [6, 6.07) is 2.00. The zero-order valence-corrected chi connectivity index (χ0v) is 11.4. The van der Waals surface area contributed by atoms with Crippen LogP contribution in [-0.4, -0.2) is 29.2 Å². The van der Waals surface area contributed by atoms with E-state index >= 15 is 0 Å². The highest BCUT2D eigenvalue weighted by molar-refractivity contribution is 5.35. The van der Waals surface area contributed by atoms with Gasteiger partial charge in [-0.3, -0.25) is 0 Å². The van der Waals surface area contributed by atoms with E-state index < -0.39 is 0 Å². The first-order chi connectivity index (χ1) is 8.78. The third-order valence-corrected chi connectivity index (χ3v) is 3.14. The molecular formula is C14H23N3O. The van der Waals surface area contributed by atoms with Crippen LogP contribution in [0, 0.1) is 6.92 Å². The molecule has 0 spiro atoms. The SMILES string of the molecule is CCCNc1cc(C)nc(CC2CCCCO2)n1. The number of hydrogen-bond donors (Lipinski definition) is 1. The summed E-state index contributed by atoms with van der Waals surface area (Å²) in [5, 5.41) is 3.32. The maximum absolute atomic E-state index is 5.74. The van der Waals surface area contributed by atoms with Gasteiger partial charge in [-0.05, 0) is 32.6 Å². The molecule has 0 radical (unpaired) electrons. The van der Waals surface area contributed by atoms with Crippen molar-refractivity contribution in [1.29, 1.82) is 0 Å². The lowest BCUT2D eigenvalue weighted by Gasteiger charge is -2.22. The minimum Gasteiger partial charge on any atom is -0.378 e. The second-order valence-electron chi connectivity index (χ2n) is 4.93. The van der Waals surface area contributed by atoms with Crippen LogP contribution in [-0.2, 0) is 11.2 Å². The number of nitrogens with zero attached hydrogens (tertiary/aromatic N) is 2. The molecule has 100 valence electrons. The van der Waals surface area contributed by atoms with Crippen molar-refractivity contribution in [2.24, 2.45) is 0 Å². The summed E-state index contributed by atoms with van der Waals surface area (Å²) in [7, 11) is 0. The molecule has 0 saturated carbocycles. The largest absolute Gasteiger partial charge is 0.378 e. The Morgan fingerprint density at radius 3 is 3.00 bits per heavy atom. The predicted octanol–water partition coefficient (Wildman–Crippen LogP) is 2.72. The average molecular weight is 249 g/mol. The number of hydrogen-bond acceptors (Lipinski definition) is 4. The minimum atomic E-state index is 0.305. The van der Waals surface area contributed by atoms with Gasteiger partial charge in [0.25, 0.3) is 0 Å². The van der Waals surface area contributed by atoms with Gasteiger partial charge in [0, 0.05) is 31.3 Å². The normalized spacial score (nSPS) is 19.8. The molecule has 1 saturated heterocycles. The quantitative estimate of drug-likeness (QED) is 0.871. The summed E-state index contributed by atoms with van der Waals surface area (Å²) >= 11 is 0. The Labute approximate surface area is 109 Å². The molecule has 0 aromatic carbocycles. The molecule has 1 atom stereocenters. The number of aromatic nitrogens is 2. The van der Waals surface area contributed by atoms with Crippen molar-refractivity contribution in [1.82, 2.24) is 9.97 Å².